The minimum Gasteiger partial charge on any atom is -0.334 e. The predicted molar refractivity (Wildman–Crippen MR) is 79.6 cm³/mol. The first-order valence-corrected chi connectivity index (χ1v) is 7.00. The summed E-state index contributed by atoms with van der Waals surface area (Å²) in [4.78, 5) is 14.4. The zero-order valence-electron chi connectivity index (χ0n) is 12.4. The summed E-state index contributed by atoms with van der Waals surface area (Å²) in [6.45, 7) is 8.05. The molecule has 0 aromatic carbocycles. The molecule has 0 unspecified atom stereocenters. The molecule has 7 heteroatoms. The van der Waals surface area contributed by atoms with E-state index in [2.05, 4.69) is 24.0 Å². The lowest BCUT2D eigenvalue weighted by Gasteiger charge is -2.34. The van der Waals surface area contributed by atoms with Crippen LogP contribution in [0.2, 0.25) is 0 Å². The van der Waals surface area contributed by atoms with Crippen LogP contribution in [0.15, 0.2) is 0 Å². The van der Waals surface area contributed by atoms with Crippen molar-refractivity contribution in [2.75, 3.05) is 13.1 Å². The summed E-state index contributed by atoms with van der Waals surface area (Å²) in [7, 11) is 0. The number of hydrogen-bond donors (Lipinski definition) is 1. The van der Waals surface area contributed by atoms with Gasteiger partial charge in [0, 0.05) is 13.0 Å². The highest BCUT2D eigenvalue weighted by Crippen LogP contribution is 2.28. The van der Waals surface area contributed by atoms with Gasteiger partial charge in [-0.25, -0.2) is 0 Å². The zero-order valence-corrected chi connectivity index (χ0v) is 13.2. The Bertz CT molecular complexity index is 460. The van der Waals surface area contributed by atoms with Crippen molar-refractivity contribution in [1.82, 2.24) is 19.7 Å². The average molecular weight is 302 g/mol. The van der Waals surface area contributed by atoms with E-state index in [1.165, 1.54) is 0 Å². The van der Waals surface area contributed by atoms with Gasteiger partial charge in [0.1, 0.15) is 11.9 Å². The van der Waals surface area contributed by atoms with E-state index in [0.717, 1.165) is 18.1 Å². The molecule has 0 radical (unpaired) electrons. The van der Waals surface area contributed by atoms with Crippen molar-refractivity contribution in [2.24, 2.45) is 11.7 Å². The molecule has 6 nitrogen and oxygen atoms in total. The second-order valence-electron chi connectivity index (χ2n) is 5.44. The Morgan fingerprint density at radius 3 is 2.65 bits per heavy atom. The molecule has 2 heterocycles. The third-order valence-electron chi connectivity index (χ3n) is 3.52. The molecule has 0 fully saturated rings. The summed E-state index contributed by atoms with van der Waals surface area (Å²) in [5.74, 6) is 2.36. The largest absolute Gasteiger partial charge is 0.334 e. The second kappa shape index (κ2) is 7.04. The molecule has 2 N–H and O–H groups in total. The van der Waals surface area contributed by atoms with Gasteiger partial charge in [-0.1, -0.05) is 13.8 Å². The number of carbonyl (C=O) groups is 1. The van der Waals surface area contributed by atoms with Crippen LogP contribution in [-0.2, 0) is 17.8 Å². The lowest BCUT2D eigenvalue weighted by atomic mass is 10.0. The SMILES string of the molecule is CCN1Cc2nnc(CCN)n2[C@@H](CC(C)C)C1=O.Cl. The number of nitrogens with two attached hydrogens (primary N) is 1. The Labute approximate surface area is 126 Å². The highest BCUT2D eigenvalue weighted by Gasteiger charge is 2.35. The molecule has 2 rings (SSSR count). The minimum absolute atomic E-state index is 0. The zero-order chi connectivity index (χ0) is 14.0. The van der Waals surface area contributed by atoms with Crippen LogP contribution in [0, 0.1) is 5.92 Å². The van der Waals surface area contributed by atoms with Gasteiger partial charge in [-0.3, -0.25) is 4.79 Å². The topological polar surface area (TPSA) is 77.0 Å². The molecule has 20 heavy (non-hydrogen) atoms. The smallest absolute Gasteiger partial charge is 0.246 e. The number of aromatic nitrogens is 3. The van der Waals surface area contributed by atoms with E-state index in [-0.39, 0.29) is 24.4 Å². The van der Waals surface area contributed by atoms with Crippen molar-refractivity contribution in [3.05, 3.63) is 11.6 Å². The third kappa shape index (κ3) is 3.12. The van der Waals surface area contributed by atoms with Crippen LogP contribution in [0.5, 0.6) is 0 Å². The summed E-state index contributed by atoms with van der Waals surface area (Å²) in [6, 6.07) is -0.166. The molecular weight excluding hydrogens is 278 g/mol. The molecular formula is C13H24ClN5O. The van der Waals surface area contributed by atoms with Crippen molar-refractivity contribution in [2.45, 2.75) is 46.2 Å². The number of likely N-dealkylation sites (N-methyl/N-ethyl adjacent to an activating group) is 1. The van der Waals surface area contributed by atoms with Crippen molar-refractivity contribution in [1.29, 1.82) is 0 Å². The maximum Gasteiger partial charge on any atom is 0.246 e. The van der Waals surface area contributed by atoms with Gasteiger partial charge >= 0.3 is 0 Å². The highest BCUT2D eigenvalue weighted by molar-refractivity contribution is 5.85. The van der Waals surface area contributed by atoms with Crippen LogP contribution in [0.25, 0.3) is 0 Å². The molecule has 0 aliphatic carbocycles. The predicted octanol–water partition coefficient (Wildman–Crippen LogP) is 1.15. The fraction of sp³-hybridized carbons (Fsp3) is 0.769. The normalized spacial score (nSPS) is 18.1. The molecule has 1 aromatic rings. The van der Waals surface area contributed by atoms with Crippen molar-refractivity contribution >= 4 is 18.3 Å². The third-order valence-corrected chi connectivity index (χ3v) is 3.52. The fourth-order valence-electron chi connectivity index (χ4n) is 2.62. The van der Waals surface area contributed by atoms with Crippen LogP contribution < -0.4 is 5.73 Å². The van der Waals surface area contributed by atoms with Gasteiger partial charge in [0.15, 0.2) is 5.82 Å². The molecule has 1 aliphatic heterocycles. The quantitative estimate of drug-likeness (QED) is 0.885. The van der Waals surface area contributed by atoms with Gasteiger partial charge in [0.05, 0.1) is 6.54 Å². The first-order valence-electron chi connectivity index (χ1n) is 7.00. The number of nitrogens with zero attached hydrogens (tertiary/aromatic N) is 4. The van der Waals surface area contributed by atoms with Crippen LogP contribution in [-0.4, -0.2) is 38.7 Å². The summed E-state index contributed by atoms with van der Waals surface area (Å²) >= 11 is 0. The molecule has 0 spiro atoms. The molecule has 0 saturated heterocycles. The summed E-state index contributed by atoms with van der Waals surface area (Å²) in [5, 5.41) is 8.43. The molecule has 114 valence electrons. The number of amides is 1. The minimum atomic E-state index is -0.166. The maximum atomic E-state index is 12.5. The van der Waals surface area contributed by atoms with E-state index < -0.39 is 0 Å². The van der Waals surface area contributed by atoms with Gasteiger partial charge in [0.2, 0.25) is 5.91 Å². The van der Waals surface area contributed by atoms with E-state index in [4.69, 9.17) is 5.73 Å². The number of halogens is 1. The summed E-state index contributed by atoms with van der Waals surface area (Å²) in [6.07, 6.45) is 1.49. The Hall–Kier alpha value is -1.14. The molecule has 0 bridgehead atoms. The van der Waals surface area contributed by atoms with Crippen LogP contribution in [0.4, 0.5) is 0 Å². The molecule has 1 amide bonds. The van der Waals surface area contributed by atoms with Gasteiger partial charge < -0.3 is 15.2 Å². The molecule has 1 aromatic heterocycles. The Kier molecular flexibility index (Phi) is 5.95. The lowest BCUT2D eigenvalue weighted by molar-refractivity contribution is -0.137. The second-order valence-corrected chi connectivity index (χ2v) is 5.44. The first-order chi connectivity index (χ1) is 9.08. The van der Waals surface area contributed by atoms with E-state index in [0.29, 0.717) is 32.0 Å². The average Bonchev–Trinajstić information content (AvgIpc) is 2.75. The van der Waals surface area contributed by atoms with Crippen molar-refractivity contribution in [3.8, 4) is 0 Å². The van der Waals surface area contributed by atoms with Crippen LogP contribution in [0.1, 0.15) is 44.9 Å². The Morgan fingerprint density at radius 2 is 2.10 bits per heavy atom. The van der Waals surface area contributed by atoms with Crippen molar-refractivity contribution < 1.29 is 4.79 Å². The summed E-state index contributed by atoms with van der Waals surface area (Å²) < 4.78 is 2.02. The standard InChI is InChI=1S/C13H23N5O.ClH/c1-4-17-8-12-16-15-11(5-6-14)18(12)10(13(17)19)7-9(2)3;/h9-10H,4-8,14H2,1-3H3;1H/t10-;/m0./s1. The summed E-state index contributed by atoms with van der Waals surface area (Å²) in [5.41, 5.74) is 5.61. The van der Waals surface area contributed by atoms with Gasteiger partial charge in [-0.15, -0.1) is 22.6 Å². The van der Waals surface area contributed by atoms with E-state index in [1.807, 2.05) is 16.4 Å². The molecule has 0 saturated carbocycles. The number of rotatable bonds is 5. The van der Waals surface area contributed by atoms with Crippen molar-refractivity contribution in [3.63, 3.8) is 0 Å². The number of fused-ring (bicyclic) bond motifs is 1. The molecule has 1 atom stereocenters. The number of carbonyl (C=O) groups excluding carboxylic acids is 1. The lowest BCUT2D eigenvalue weighted by Crippen LogP contribution is -2.43. The number of hydrogen-bond acceptors (Lipinski definition) is 4. The van der Waals surface area contributed by atoms with Crippen LogP contribution >= 0.6 is 12.4 Å². The fourth-order valence-corrected chi connectivity index (χ4v) is 2.62. The highest BCUT2D eigenvalue weighted by atomic mass is 35.5. The monoisotopic (exact) mass is 301 g/mol. The van der Waals surface area contributed by atoms with Gasteiger partial charge in [-0.05, 0) is 25.8 Å². The van der Waals surface area contributed by atoms with E-state index in [1.54, 1.807) is 0 Å². The van der Waals surface area contributed by atoms with Gasteiger partial charge in [-0.2, -0.15) is 0 Å². The first kappa shape index (κ1) is 16.9. The van der Waals surface area contributed by atoms with E-state index >= 15 is 0 Å². The Morgan fingerprint density at radius 1 is 1.40 bits per heavy atom. The molecule has 1 aliphatic rings. The van der Waals surface area contributed by atoms with Crippen LogP contribution in [0.3, 0.4) is 0 Å². The van der Waals surface area contributed by atoms with E-state index in [9.17, 15) is 4.79 Å². The van der Waals surface area contributed by atoms with Gasteiger partial charge in [0.25, 0.3) is 0 Å². The maximum absolute atomic E-state index is 12.5. The Balaban J connectivity index is 0.00000200.